The van der Waals surface area contributed by atoms with Gasteiger partial charge in [0, 0.05) is 65.4 Å². The Morgan fingerprint density at radius 1 is 0.586 bits per heavy atom. The van der Waals surface area contributed by atoms with E-state index in [9.17, 15) is 33.9 Å². The highest BCUT2D eigenvalue weighted by molar-refractivity contribution is 5.85. The Morgan fingerprint density at radius 2 is 1.09 bits per heavy atom. The first-order valence-corrected chi connectivity index (χ1v) is 25.4. The molecule has 8 rings (SSSR count). The molecular formula is C51H74O19. The van der Waals surface area contributed by atoms with E-state index in [2.05, 4.69) is 13.8 Å². The zero-order chi connectivity index (χ0) is 50.6. The van der Waals surface area contributed by atoms with E-state index in [0.29, 0.717) is 19.3 Å². The average molecular weight is 991 g/mol. The summed E-state index contributed by atoms with van der Waals surface area (Å²) in [6.07, 6.45) is -2.52. The largest absolute Gasteiger partial charge is 0.462 e. The number of fused-ring (bicyclic) bond motifs is 5. The standard InChI is InChI=1S/C51H74O19/c1-24-46(67-31(8)56)38(63-27(4)52)21-44(61-24)69-48-26(3)62-45(22-40(48)65-29(6)54)70-47-25(2)60-43(20-39(47)64-28(5)53)68-34-13-15-49(9)33(18-34)11-12-36-37(49)19-41(66-30(7)55)50(10)35(14-16-51(36,50)58)32-17-42(57)59-23-32/h17,24-26,33-41,43-48,58H,11-16,18-23H2,1-10H3/t24-,25-,26-,33-,34+,35-,36-,37+,38+,39+,40+,41-,43+,44+,45+,46-,47-,48-,49+,50+,51+/m0/s1. The van der Waals surface area contributed by atoms with Crippen molar-refractivity contribution in [2.45, 2.75) is 231 Å². The lowest BCUT2D eigenvalue weighted by molar-refractivity contribution is -0.337. The van der Waals surface area contributed by atoms with Crippen LogP contribution in [0.1, 0.15) is 140 Å². The molecule has 4 saturated carbocycles. The number of aliphatic hydroxyl groups is 1. The van der Waals surface area contributed by atoms with Crippen LogP contribution in [0, 0.1) is 34.5 Å². The van der Waals surface area contributed by atoms with E-state index in [1.54, 1.807) is 19.9 Å². The second kappa shape index (κ2) is 20.7. The van der Waals surface area contributed by atoms with Crippen LogP contribution in [0.5, 0.6) is 0 Å². The van der Waals surface area contributed by atoms with Gasteiger partial charge in [0.05, 0.1) is 30.0 Å². The molecule has 4 aliphatic heterocycles. The number of rotatable bonds is 12. The van der Waals surface area contributed by atoms with Gasteiger partial charge in [0.2, 0.25) is 0 Å². The molecule has 0 aromatic rings. The molecule has 3 saturated heterocycles. The van der Waals surface area contributed by atoms with E-state index < -0.39 is 115 Å². The van der Waals surface area contributed by atoms with Crippen molar-refractivity contribution in [2.24, 2.45) is 34.5 Å². The normalized spacial score (nSPS) is 45.6. The van der Waals surface area contributed by atoms with Gasteiger partial charge in [-0.15, -0.1) is 0 Å². The van der Waals surface area contributed by atoms with Crippen molar-refractivity contribution in [3.8, 4) is 0 Å². The molecule has 0 radical (unpaired) electrons. The Labute approximate surface area is 409 Å². The van der Waals surface area contributed by atoms with Crippen molar-refractivity contribution < 1.29 is 90.7 Å². The highest BCUT2D eigenvalue weighted by atomic mass is 16.8. The Bertz CT molecular complexity index is 2030. The van der Waals surface area contributed by atoms with Gasteiger partial charge in [0.15, 0.2) is 25.0 Å². The number of hydrogen-bond donors (Lipinski definition) is 1. The quantitative estimate of drug-likeness (QED) is 0.153. The van der Waals surface area contributed by atoms with Crippen LogP contribution in [0.25, 0.3) is 0 Å². The van der Waals surface area contributed by atoms with Crippen LogP contribution in [0.2, 0.25) is 0 Å². The van der Waals surface area contributed by atoms with Crippen LogP contribution in [0.15, 0.2) is 11.6 Å². The zero-order valence-electron chi connectivity index (χ0n) is 42.3. The molecule has 0 aromatic heterocycles. The summed E-state index contributed by atoms with van der Waals surface area (Å²) in [5.41, 5.74) is -1.16. The molecule has 0 amide bonds. The lowest BCUT2D eigenvalue weighted by Gasteiger charge is -2.65. The third-order valence-electron chi connectivity index (χ3n) is 17.4. The SMILES string of the molecule is CC(=O)O[C@H]1[C@H](C)O[C@H](O[C@H]2[C@H](C)O[C@H](O[C@H]3[C@H](C)O[C@H](O[C@@H]4CC[C@]5(C)[C@@H](CC[C@H]6[C@H]5C[C@H](OC(C)=O)[C@@]5(C)[C@H](C7=CC(=O)OC7)CC[C@@]65O)C4)C[C@H]3OC(C)=O)C[C@H]2OC(C)=O)C[C@H]1OC(C)=O. The number of esters is 6. The van der Waals surface area contributed by atoms with Crippen molar-refractivity contribution in [1.82, 2.24) is 0 Å². The van der Waals surface area contributed by atoms with Gasteiger partial charge in [0.1, 0.15) is 43.2 Å². The van der Waals surface area contributed by atoms with Gasteiger partial charge in [-0.25, -0.2) is 4.79 Å². The molecule has 70 heavy (non-hydrogen) atoms. The second-order valence-corrected chi connectivity index (χ2v) is 21.7. The predicted molar refractivity (Wildman–Crippen MR) is 240 cm³/mol. The third kappa shape index (κ3) is 10.4. The molecule has 21 atom stereocenters. The van der Waals surface area contributed by atoms with Gasteiger partial charge in [-0.05, 0) is 107 Å². The number of carbonyl (C=O) groups excluding carboxylic acids is 6. The first-order chi connectivity index (χ1) is 33.0. The van der Waals surface area contributed by atoms with Crippen LogP contribution in [0.4, 0.5) is 0 Å². The minimum Gasteiger partial charge on any atom is -0.462 e. The molecule has 8 aliphatic rings. The Balaban J connectivity index is 0.905. The number of hydrogen-bond acceptors (Lipinski definition) is 19. The van der Waals surface area contributed by atoms with E-state index in [1.165, 1.54) is 34.6 Å². The summed E-state index contributed by atoms with van der Waals surface area (Å²) in [5.74, 6) is -2.72. The van der Waals surface area contributed by atoms with Crippen LogP contribution in [-0.4, -0.2) is 139 Å². The molecule has 19 heteroatoms. The molecule has 0 spiro atoms. The highest BCUT2D eigenvalue weighted by Crippen LogP contribution is 2.70. The maximum atomic E-state index is 13.0. The van der Waals surface area contributed by atoms with Crippen molar-refractivity contribution in [3.05, 3.63) is 11.6 Å². The molecule has 4 aliphatic carbocycles. The molecule has 0 aromatic carbocycles. The van der Waals surface area contributed by atoms with E-state index >= 15 is 0 Å². The maximum absolute atomic E-state index is 13.0. The molecule has 0 bridgehead atoms. The van der Waals surface area contributed by atoms with Crippen LogP contribution in [-0.2, 0) is 85.6 Å². The molecular weight excluding hydrogens is 917 g/mol. The first-order valence-electron chi connectivity index (χ1n) is 25.4. The van der Waals surface area contributed by atoms with Gasteiger partial charge in [-0.1, -0.05) is 13.8 Å². The summed E-state index contributed by atoms with van der Waals surface area (Å²) >= 11 is 0. The van der Waals surface area contributed by atoms with Crippen LogP contribution < -0.4 is 0 Å². The van der Waals surface area contributed by atoms with Crippen LogP contribution >= 0.6 is 0 Å². The van der Waals surface area contributed by atoms with Gasteiger partial charge >= 0.3 is 35.8 Å². The van der Waals surface area contributed by atoms with E-state index in [1.807, 2.05) is 6.92 Å². The van der Waals surface area contributed by atoms with Gasteiger partial charge in [0.25, 0.3) is 0 Å². The minimum absolute atomic E-state index is 0.00588. The molecule has 4 heterocycles. The Kier molecular flexibility index (Phi) is 15.5. The summed E-state index contributed by atoms with van der Waals surface area (Å²) in [4.78, 5) is 73.8. The van der Waals surface area contributed by atoms with Crippen LogP contribution in [0.3, 0.4) is 0 Å². The fourth-order valence-electron chi connectivity index (χ4n) is 14.4. The van der Waals surface area contributed by atoms with E-state index in [0.717, 1.165) is 37.7 Å². The maximum Gasteiger partial charge on any atom is 0.331 e. The van der Waals surface area contributed by atoms with Crippen molar-refractivity contribution in [3.63, 3.8) is 0 Å². The highest BCUT2D eigenvalue weighted by Gasteiger charge is 2.72. The summed E-state index contributed by atoms with van der Waals surface area (Å²) in [6, 6.07) is 0. The van der Waals surface area contributed by atoms with Gasteiger partial charge in [-0.2, -0.15) is 0 Å². The number of cyclic esters (lactones) is 1. The monoisotopic (exact) mass is 990 g/mol. The number of ether oxygens (including phenoxy) is 12. The fraction of sp³-hybridized carbons (Fsp3) is 0.843. The van der Waals surface area contributed by atoms with Crippen molar-refractivity contribution in [2.75, 3.05) is 6.61 Å². The topological polar surface area (TPSA) is 233 Å². The third-order valence-corrected chi connectivity index (χ3v) is 17.4. The molecule has 0 unspecified atom stereocenters. The second-order valence-electron chi connectivity index (χ2n) is 21.7. The number of carbonyl (C=O) groups is 6. The molecule has 7 fully saturated rings. The Hall–Kier alpha value is -3.72. The summed E-state index contributed by atoms with van der Waals surface area (Å²) in [6.45, 7) is 16.4. The first kappa shape index (κ1) is 52.6. The molecule has 19 nitrogen and oxygen atoms in total. The summed E-state index contributed by atoms with van der Waals surface area (Å²) in [7, 11) is 0. The van der Waals surface area contributed by atoms with E-state index in [4.69, 9.17) is 56.8 Å². The van der Waals surface area contributed by atoms with Gasteiger partial charge < -0.3 is 61.9 Å². The lowest BCUT2D eigenvalue weighted by atomic mass is 9.42. The van der Waals surface area contributed by atoms with Crippen molar-refractivity contribution >= 4 is 35.8 Å². The van der Waals surface area contributed by atoms with E-state index in [-0.39, 0.29) is 73.0 Å². The van der Waals surface area contributed by atoms with Gasteiger partial charge in [-0.3, -0.25) is 24.0 Å². The predicted octanol–water partition coefficient (Wildman–Crippen LogP) is 5.07. The van der Waals surface area contributed by atoms with Crippen molar-refractivity contribution in [1.29, 1.82) is 0 Å². The fourth-order valence-corrected chi connectivity index (χ4v) is 14.4. The lowest BCUT2D eigenvalue weighted by Crippen LogP contribution is -2.67. The molecule has 392 valence electrons. The summed E-state index contributed by atoms with van der Waals surface area (Å²) in [5, 5.41) is 13.0. The molecule has 1 N–H and O–H groups in total. The smallest absolute Gasteiger partial charge is 0.331 e. The zero-order valence-corrected chi connectivity index (χ0v) is 42.3. The summed E-state index contributed by atoms with van der Waals surface area (Å²) < 4.78 is 72.7. The average Bonchev–Trinajstić information content (AvgIpc) is 3.81. The minimum atomic E-state index is -1.10. The Morgan fingerprint density at radius 3 is 1.59 bits per heavy atom.